The summed E-state index contributed by atoms with van der Waals surface area (Å²) in [6.45, 7) is 0.208. The molecule has 32 heavy (non-hydrogen) atoms. The topological polar surface area (TPSA) is 120 Å². The number of rotatable bonds is 8. The lowest BCUT2D eigenvalue weighted by atomic mass is 9.83. The van der Waals surface area contributed by atoms with Gasteiger partial charge in [0.25, 0.3) is 0 Å². The van der Waals surface area contributed by atoms with Crippen molar-refractivity contribution in [2.45, 2.75) is 44.2 Å². The maximum absolute atomic E-state index is 12.7. The standard InChI is InChI=1S/C23H27N5O4/c1-28(14-19-24-22(31)27-26-19)21(30)10-12-23(11-9-20(29)25-23)13-15-7-8-18(32-2)17-6-4-3-5-16(15)17/h3-8H,9-14H2,1-2H3,(H,25,29)(H2,24,26,27,31)/t23-/m1/s1. The van der Waals surface area contributed by atoms with Crippen LogP contribution in [0.2, 0.25) is 0 Å². The molecule has 1 fully saturated rings. The molecule has 9 nitrogen and oxygen atoms in total. The molecule has 1 aromatic heterocycles. The molecule has 3 N–H and O–H groups in total. The zero-order valence-electron chi connectivity index (χ0n) is 18.2. The van der Waals surface area contributed by atoms with Gasteiger partial charge < -0.3 is 15.0 Å². The molecule has 1 saturated heterocycles. The minimum atomic E-state index is -0.481. The first-order valence-corrected chi connectivity index (χ1v) is 10.6. The van der Waals surface area contributed by atoms with E-state index in [9.17, 15) is 14.4 Å². The number of H-pyrrole nitrogens is 2. The summed E-state index contributed by atoms with van der Waals surface area (Å²) in [6.07, 6.45) is 2.56. The first-order chi connectivity index (χ1) is 15.4. The predicted molar refractivity (Wildman–Crippen MR) is 119 cm³/mol. The van der Waals surface area contributed by atoms with Gasteiger partial charge in [-0.3, -0.25) is 14.6 Å². The highest BCUT2D eigenvalue weighted by Crippen LogP contribution is 2.35. The van der Waals surface area contributed by atoms with Crippen LogP contribution < -0.4 is 15.7 Å². The molecule has 3 aromatic rings. The minimum Gasteiger partial charge on any atom is -0.496 e. The highest BCUT2D eigenvalue weighted by molar-refractivity contribution is 5.91. The first kappa shape index (κ1) is 21.6. The van der Waals surface area contributed by atoms with E-state index in [2.05, 4.69) is 26.6 Å². The Hall–Kier alpha value is -3.62. The second-order valence-electron chi connectivity index (χ2n) is 8.35. The molecule has 2 aromatic carbocycles. The van der Waals surface area contributed by atoms with Crippen LogP contribution in [0.15, 0.2) is 41.2 Å². The number of ether oxygens (including phenoxy) is 1. The van der Waals surface area contributed by atoms with Crippen molar-refractivity contribution in [3.05, 3.63) is 58.3 Å². The molecule has 2 amide bonds. The van der Waals surface area contributed by atoms with Gasteiger partial charge >= 0.3 is 5.69 Å². The molecular weight excluding hydrogens is 410 g/mol. The van der Waals surface area contributed by atoms with E-state index in [-0.39, 0.29) is 24.8 Å². The molecule has 1 atom stereocenters. The molecule has 168 valence electrons. The van der Waals surface area contributed by atoms with Crippen LogP contribution in [0.4, 0.5) is 0 Å². The molecule has 9 heteroatoms. The van der Waals surface area contributed by atoms with Gasteiger partial charge in [0.2, 0.25) is 11.8 Å². The van der Waals surface area contributed by atoms with E-state index < -0.39 is 11.2 Å². The average molecular weight is 438 g/mol. The quantitative estimate of drug-likeness (QED) is 0.497. The zero-order chi connectivity index (χ0) is 22.7. The number of methoxy groups -OCH3 is 1. The van der Waals surface area contributed by atoms with Crippen molar-refractivity contribution in [2.24, 2.45) is 0 Å². The summed E-state index contributed by atoms with van der Waals surface area (Å²) >= 11 is 0. The molecule has 0 bridgehead atoms. The third-order valence-corrected chi connectivity index (χ3v) is 6.14. The van der Waals surface area contributed by atoms with Crippen molar-refractivity contribution in [3.63, 3.8) is 0 Å². The molecule has 0 aliphatic carbocycles. The summed E-state index contributed by atoms with van der Waals surface area (Å²) in [6, 6.07) is 12.0. The predicted octanol–water partition coefficient (Wildman–Crippen LogP) is 1.89. The first-order valence-electron chi connectivity index (χ1n) is 10.6. The van der Waals surface area contributed by atoms with Crippen LogP contribution in [0, 0.1) is 0 Å². The summed E-state index contributed by atoms with van der Waals surface area (Å²) in [5.41, 5.74) is 0.227. The van der Waals surface area contributed by atoms with Gasteiger partial charge in [-0.15, -0.1) is 0 Å². The van der Waals surface area contributed by atoms with E-state index in [4.69, 9.17) is 4.74 Å². The van der Waals surface area contributed by atoms with Gasteiger partial charge in [-0.2, -0.15) is 5.10 Å². The Labute approximate surface area is 185 Å². The molecular formula is C23H27N5O4. The third-order valence-electron chi connectivity index (χ3n) is 6.14. The van der Waals surface area contributed by atoms with Crippen molar-refractivity contribution in [3.8, 4) is 5.75 Å². The van der Waals surface area contributed by atoms with Crippen LogP contribution >= 0.6 is 0 Å². The second kappa shape index (κ2) is 8.86. The number of hydrogen-bond acceptors (Lipinski definition) is 5. The fourth-order valence-electron chi connectivity index (χ4n) is 4.44. The Balaban J connectivity index is 1.51. The Bertz CT molecular complexity index is 1200. The number of fused-ring (bicyclic) bond motifs is 1. The fourth-order valence-corrected chi connectivity index (χ4v) is 4.44. The molecule has 4 rings (SSSR count). The Morgan fingerprint density at radius 1 is 1.19 bits per heavy atom. The highest BCUT2D eigenvalue weighted by atomic mass is 16.5. The molecule has 1 aliphatic rings. The van der Waals surface area contributed by atoms with E-state index >= 15 is 0 Å². The number of benzene rings is 2. The molecule has 1 aliphatic heterocycles. The fraction of sp³-hybridized carbons (Fsp3) is 0.391. The summed E-state index contributed by atoms with van der Waals surface area (Å²) < 4.78 is 5.50. The lowest BCUT2D eigenvalue weighted by Crippen LogP contribution is -2.44. The highest BCUT2D eigenvalue weighted by Gasteiger charge is 2.38. The van der Waals surface area contributed by atoms with Crippen molar-refractivity contribution in [2.75, 3.05) is 14.2 Å². The van der Waals surface area contributed by atoms with Crippen LogP contribution in [0.5, 0.6) is 5.75 Å². The Morgan fingerprint density at radius 3 is 2.62 bits per heavy atom. The Morgan fingerprint density at radius 2 is 1.97 bits per heavy atom. The lowest BCUT2D eigenvalue weighted by Gasteiger charge is -2.30. The van der Waals surface area contributed by atoms with Gasteiger partial charge in [0.1, 0.15) is 5.75 Å². The summed E-state index contributed by atoms with van der Waals surface area (Å²) in [5, 5.41) is 11.4. The number of amides is 2. The minimum absolute atomic E-state index is 0.0118. The number of nitrogens with one attached hydrogen (secondary N) is 3. The van der Waals surface area contributed by atoms with Crippen molar-refractivity contribution >= 4 is 22.6 Å². The largest absolute Gasteiger partial charge is 0.496 e. The maximum atomic E-state index is 12.7. The molecule has 0 unspecified atom stereocenters. The third kappa shape index (κ3) is 4.51. The van der Waals surface area contributed by atoms with E-state index in [0.717, 1.165) is 22.1 Å². The summed E-state index contributed by atoms with van der Waals surface area (Å²) in [4.78, 5) is 40.2. The number of aromatic amines is 2. The van der Waals surface area contributed by atoms with E-state index in [1.807, 2.05) is 30.3 Å². The maximum Gasteiger partial charge on any atom is 0.340 e. The van der Waals surface area contributed by atoms with Crippen LogP contribution in [0.3, 0.4) is 0 Å². The molecule has 0 saturated carbocycles. The monoisotopic (exact) mass is 437 g/mol. The van der Waals surface area contributed by atoms with Gasteiger partial charge in [0, 0.05) is 30.8 Å². The van der Waals surface area contributed by atoms with Crippen LogP contribution in [-0.2, 0) is 22.6 Å². The zero-order valence-corrected chi connectivity index (χ0v) is 18.2. The van der Waals surface area contributed by atoms with Gasteiger partial charge in [-0.05, 0) is 36.3 Å². The molecule has 0 radical (unpaired) electrons. The number of carbonyl (C=O) groups is 2. The van der Waals surface area contributed by atoms with Crippen molar-refractivity contribution in [1.82, 2.24) is 25.4 Å². The van der Waals surface area contributed by atoms with E-state index in [1.54, 1.807) is 14.2 Å². The van der Waals surface area contributed by atoms with Gasteiger partial charge in [-0.25, -0.2) is 9.89 Å². The number of carbonyl (C=O) groups excluding carboxylic acids is 2. The van der Waals surface area contributed by atoms with Crippen LogP contribution in [0.1, 0.15) is 37.1 Å². The molecule has 2 heterocycles. The van der Waals surface area contributed by atoms with Crippen LogP contribution in [-0.4, -0.2) is 51.6 Å². The van der Waals surface area contributed by atoms with E-state index in [0.29, 0.717) is 31.5 Å². The van der Waals surface area contributed by atoms with Gasteiger partial charge in [0.15, 0.2) is 5.82 Å². The molecule has 0 spiro atoms. The van der Waals surface area contributed by atoms with Gasteiger partial charge in [-0.1, -0.05) is 30.3 Å². The van der Waals surface area contributed by atoms with Gasteiger partial charge in [0.05, 0.1) is 13.7 Å². The van der Waals surface area contributed by atoms with Crippen LogP contribution in [0.25, 0.3) is 10.8 Å². The summed E-state index contributed by atoms with van der Waals surface area (Å²) in [5.74, 6) is 1.15. The van der Waals surface area contributed by atoms with E-state index in [1.165, 1.54) is 4.90 Å². The SMILES string of the molecule is COc1ccc(C[C@]2(CCC(=O)N(C)Cc3n[nH]c(=O)[nH]3)CCC(=O)N2)c2ccccc12. The average Bonchev–Trinajstić information content (AvgIpc) is 3.37. The lowest BCUT2D eigenvalue weighted by molar-refractivity contribution is -0.131. The number of aromatic nitrogens is 3. The van der Waals surface area contributed by atoms with Crippen molar-refractivity contribution in [1.29, 1.82) is 0 Å². The Kier molecular flexibility index (Phi) is 5.98. The van der Waals surface area contributed by atoms with Crippen molar-refractivity contribution < 1.29 is 14.3 Å². The number of nitrogens with zero attached hydrogens (tertiary/aromatic N) is 2. The summed E-state index contributed by atoms with van der Waals surface area (Å²) in [7, 11) is 3.33. The smallest absolute Gasteiger partial charge is 0.340 e. The normalized spacial score (nSPS) is 18.0. The number of hydrogen-bond donors (Lipinski definition) is 3. The second-order valence-corrected chi connectivity index (χ2v) is 8.35.